The summed E-state index contributed by atoms with van der Waals surface area (Å²) in [7, 11) is 0. The zero-order valence-corrected chi connectivity index (χ0v) is 12.1. The van der Waals surface area contributed by atoms with Gasteiger partial charge in [-0.25, -0.2) is 4.79 Å². The van der Waals surface area contributed by atoms with Crippen molar-refractivity contribution >= 4 is 17.1 Å². The average Bonchev–Trinajstić information content (AvgIpc) is 3.07. The number of oxazole rings is 1. The number of carbonyl (C=O) groups is 1. The Morgan fingerprint density at radius 2 is 2.23 bits per heavy atom. The van der Waals surface area contributed by atoms with Gasteiger partial charge in [0.25, 0.3) is 0 Å². The van der Waals surface area contributed by atoms with E-state index in [1.54, 1.807) is 4.68 Å². The van der Waals surface area contributed by atoms with Gasteiger partial charge in [-0.05, 0) is 37.3 Å². The number of rotatable bonds is 2. The Hall–Kier alpha value is -2.63. The molecule has 1 N–H and O–H groups in total. The molecule has 1 aliphatic rings. The second-order valence-corrected chi connectivity index (χ2v) is 5.80. The first-order valence-electron chi connectivity index (χ1n) is 7.33. The van der Waals surface area contributed by atoms with Gasteiger partial charge in [0, 0.05) is 5.56 Å². The Morgan fingerprint density at radius 1 is 1.41 bits per heavy atom. The normalized spacial score (nSPS) is 17.6. The zero-order chi connectivity index (χ0) is 15.3. The first-order chi connectivity index (χ1) is 10.6. The highest BCUT2D eigenvalue weighted by atomic mass is 16.4. The number of hydrogen-bond acceptors (Lipinski definition) is 4. The van der Waals surface area contributed by atoms with Crippen molar-refractivity contribution in [2.45, 2.75) is 26.2 Å². The van der Waals surface area contributed by atoms with E-state index in [0.717, 1.165) is 36.0 Å². The Kier molecular flexibility index (Phi) is 2.79. The number of carboxylic acid groups (broad SMARTS) is 1. The number of aromatic nitrogens is 3. The van der Waals surface area contributed by atoms with E-state index in [9.17, 15) is 9.90 Å². The quantitative estimate of drug-likeness (QED) is 0.786. The fourth-order valence-corrected chi connectivity index (χ4v) is 3.07. The maximum atomic E-state index is 11.5. The van der Waals surface area contributed by atoms with Gasteiger partial charge >= 0.3 is 12.0 Å². The van der Waals surface area contributed by atoms with Crippen LogP contribution in [0.4, 0.5) is 0 Å². The second kappa shape index (κ2) is 4.69. The molecule has 1 atom stereocenters. The number of aromatic carboxylic acids is 1. The molecule has 3 aromatic rings. The summed E-state index contributed by atoms with van der Waals surface area (Å²) in [6.07, 6.45) is 2.53. The van der Waals surface area contributed by atoms with Crippen molar-refractivity contribution in [3.05, 3.63) is 41.2 Å². The molecule has 0 bridgehead atoms. The first-order valence-corrected chi connectivity index (χ1v) is 7.33. The van der Waals surface area contributed by atoms with Crippen LogP contribution in [0.15, 0.2) is 28.7 Å². The van der Waals surface area contributed by atoms with Crippen LogP contribution in [0.5, 0.6) is 0 Å². The Morgan fingerprint density at radius 3 is 3.00 bits per heavy atom. The van der Waals surface area contributed by atoms with Crippen molar-refractivity contribution in [3.8, 4) is 6.01 Å². The van der Waals surface area contributed by atoms with E-state index in [1.807, 2.05) is 24.3 Å². The van der Waals surface area contributed by atoms with E-state index in [-0.39, 0.29) is 5.69 Å². The minimum absolute atomic E-state index is 0.115. The molecule has 0 saturated heterocycles. The summed E-state index contributed by atoms with van der Waals surface area (Å²) in [6, 6.07) is 7.79. The number of benzene rings is 1. The smallest absolute Gasteiger partial charge is 0.356 e. The van der Waals surface area contributed by atoms with Crippen LogP contribution in [-0.4, -0.2) is 25.8 Å². The van der Waals surface area contributed by atoms with Gasteiger partial charge < -0.3 is 9.52 Å². The Balaban J connectivity index is 1.91. The third kappa shape index (κ3) is 1.91. The van der Waals surface area contributed by atoms with Crippen LogP contribution in [-0.2, 0) is 12.8 Å². The van der Waals surface area contributed by atoms with E-state index < -0.39 is 5.97 Å². The third-order valence-electron chi connectivity index (χ3n) is 4.18. The summed E-state index contributed by atoms with van der Waals surface area (Å²) in [6.45, 7) is 2.13. The summed E-state index contributed by atoms with van der Waals surface area (Å²) in [5.41, 5.74) is 3.24. The molecular formula is C16H15N3O3. The molecule has 2 heterocycles. The lowest BCUT2D eigenvalue weighted by atomic mass is 9.87. The largest absolute Gasteiger partial charge is 0.476 e. The lowest BCUT2D eigenvalue weighted by molar-refractivity contribution is 0.0688. The highest BCUT2D eigenvalue weighted by Crippen LogP contribution is 2.30. The minimum Gasteiger partial charge on any atom is -0.476 e. The summed E-state index contributed by atoms with van der Waals surface area (Å²) >= 11 is 0. The van der Waals surface area contributed by atoms with Crippen LogP contribution < -0.4 is 0 Å². The summed E-state index contributed by atoms with van der Waals surface area (Å²) in [5.74, 6) is -0.535. The molecule has 6 heteroatoms. The van der Waals surface area contributed by atoms with Gasteiger partial charge in [-0.1, -0.05) is 19.1 Å². The third-order valence-corrected chi connectivity index (χ3v) is 4.18. The number of para-hydroxylation sites is 2. The van der Waals surface area contributed by atoms with Crippen molar-refractivity contribution in [1.82, 2.24) is 14.8 Å². The maximum absolute atomic E-state index is 11.5. The first kappa shape index (κ1) is 13.1. The fourth-order valence-electron chi connectivity index (χ4n) is 3.07. The molecule has 22 heavy (non-hydrogen) atoms. The van der Waals surface area contributed by atoms with Crippen LogP contribution in [0.25, 0.3) is 17.1 Å². The molecule has 4 rings (SSSR count). The molecule has 0 aliphatic heterocycles. The van der Waals surface area contributed by atoms with Crippen LogP contribution >= 0.6 is 0 Å². The van der Waals surface area contributed by atoms with E-state index in [2.05, 4.69) is 17.0 Å². The maximum Gasteiger partial charge on any atom is 0.356 e. The number of carboxylic acids is 1. The van der Waals surface area contributed by atoms with Gasteiger partial charge in [0.2, 0.25) is 0 Å². The SMILES string of the molecule is CC1CCc2c(c(C(=O)O)nn2-c2nc3ccccc3o2)C1. The standard InChI is InChI=1S/C16H15N3O3/c1-9-6-7-12-10(8-9)14(15(20)21)18-19(12)16-17-11-4-2-3-5-13(11)22-16/h2-5,9H,6-8H2,1H3,(H,20,21). The fraction of sp³-hybridized carbons (Fsp3) is 0.312. The van der Waals surface area contributed by atoms with Gasteiger partial charge in [-0.3, -0.25) is 0 Å². The molecule has 0 amide bonds. The van der Waals surface area contributed by atoms with Crippen molar-refractivity contribution in [2.24, 2.45) is 5.92 Å². The molecule has 1 unspecified atom stereocenters. The van der Waals surface area contributed by atoms with Gasteiger partial charge in [0.05, 0.1) is 5.69 Å². The highest BCUT2D eigenvalue weighted by molar-refractivity contribution is 5.87. The van der Waals surface area contributed by atoms with Crippen molar-refractivity contribution in [2.75, 3.05) is 0 Å². The van der Waals surface area contributed by atoms with E-state index >= 15 is 0 Å². The van der Waals surface area contributed by atoms with Gasteiger partial charge in [-0.15, -0.1) is 0 Å². The molecule has 112 valence electrons. The van der Waals surface area contributed by atoms with Crippen molar-refractivity contribution < 1.29 is 14.3 Å². The van der Waals surface area contributed by atoms with Crippen LogP contribution in [0, 0.1) is 5.92 Å². The molecule has 0 saturated carbocycles. The van der Waals surface area contributed by atoms with E-state index in [0.29, 0.717) is 17.5 Å². The van der Waals surface area contributed by atoms with Crippen LogP contribution in [0.1, 0.15) is 35.1 Å². The molecule has 0 radical (unpaired) electrons. The zero-order valence-electron chi connectivity index (χ0n) is 12.1. The second-order valence-electron chi connectivity index (χ2n) is 5.80. The molecule has 1 aliphatic carbocycles. The summed E-state index contributed by atoms with van der Waals surface area (Å²) < 4.78 is 7.30. The van der Waals surface area contributed by atoms with E-state index in [4.69, 9.17) is 4.42 Å². The Bertz CT molecular complexity index is 845. The summed E-state index contributed by atoms with van der Waals surface area (Å²) in [4.78, 5) is 15.9. The minimum atomic E-state index is -1.000. The van der Waals surface area contributed by atoms with Gasteiger partial charge in [0.1, 0.15) is 5.52 Å². The molecule has 2 aromatic heterocycles. The number of nitrogens with zero attached hydrogens (tertiary/aromatic N) is 3. The van der Waals surface area contributed by atoms with Gasteiger partial charge in [0.15, 0.2) is 11.3 Å². The summed E-state index contributed by atoms with van der Waals surface area (Å²) in [5, 5.41) is 13.7. The number of hydrogen-bond donors (Lipinski definition) is 1. The molecular weight excluding hydrogens is 282 g/mol. The molecule has 1 aromatic carbocycles. The lowest BCUT2D eigenvalue weighted by Gasteiger charge is -2.18. The predicted molar refractivity (Wildman–Crippen MR) is 79.3 cm³/mol. The van der Waals surface area contributed by atoms with E-state index in [1.165, 1.54) is 0 Å². The molecule has 6 nitrogen and oxygen atoms in total. The van der Waals surface area contributed by atoms with Crippen molar-refractivity contribution in [3.63, 3.8) is 0 Å². The highest BCUT2D eigenvalue weighted by Gasteiger charge is 2.29. The monoisotopic (exact) mass is 297 g/mol. The Labute approximate surface area is 126 Å². The number of fused-ring (bicyclic) bond motifs is 2. The topological polar surface area (TPSA) is 81.1 Å². The van der Waals surface area contributed by atoms with Crippen LogP contribution in [0.3, 0.4) is 0 Å². The predicted octanol–water partition coefficient (Wildman–Crippen LogP) is 2.84. The van der Waals surface area contributed by atoms with Gasteiger partial charge in [-0.2, -0.15) is 14.8 Å². The molecule has 0 fully saturated rings. The lowest BCUT2D eigenvalue weighted by Crippen LogP contribution is -2.14. The molecule has 0 spiro atoms. The van der Waals surface area contributed by atoms with Crippen LogP contribution in [0.2, 0.25) is 0 Å². The van der Waals surface area contributed by atoms with Crippen molar-refractivity contribution in [1.29, 1.82) is 0 Å². The average molecular weight is 297 g/mol.